The average Bonchev–Trinajstić information content (AvgIpc) is 2.62. The highest BCUT2D eigenvalue weighted by Crippen LogP contribution is 2.20. The van der Waals surface area contributed by atoms with Crippen molar-refractivity contribution in [3.05, 3.63) is 59.8 Å². The molecule has 6 nitrogen and oxygen atoms in total. The highest BCUT2D eigenvalue weighted by molar-refractivity contribution is 5.96. The van der Waals surface area contributed by atoms with Gasteiger partial charge in [-0.05, 0) is 24.6 Å². The van der Waals surface area contributed by atoms with Gasteiger partial charge in [-0.15, -0.1) is 0 Å². The van der Waals surface area contributed by atoms with Crippen LogP contribution in [0.15, 0.2) is 48.7 Å². The molecular formula is C18H20N2O4. The van der Waals surface area contributed by atoms with Gasteiger partial charge in [0, 0.05) is 6.20 Å². The summed E-state index contributed by atoms with van der Waals surface area (Å²) in [5.74, 6) is -0.499. The summed E-state index contributed by atoms with van der Waals surface area (Å²) in [7, 11) is 1.45. The Morgan fingerprint density at radius 2 is 1.92 bits per heavy atom. The van der Waals surface area contributed by atoms with Crippen molar-refractivity contribution in [1.82, 2.24) is 10.3 Å². The van der Waals surface area contributed by atoms with Gasteiger partial charge in [-0.1, -0.05) is 30.3 Å². The van der Waals surface area contributed by atoms with E-state index in [0.29, 0.717) is 12.2 Å². The molecule has 24 heavy (non-hydrogen) atoms. The number of aromatic nitrogens is 1. The minimum Gasteiger partial charge on any atom is -0.480 e. The summed E-state index contributed by atoms with van der Waals surface area (Å²) in [5, 5.41) is 2.85. The van der Waals surface area contributed by atoms with Crippen LogP contribution in [-0.4, -0.2) is 30.6 Å². The Morgan fingerprint density at radius 1 is 1.17 bits per heavy atom. The molecule has 1 heterocycles. The molecule has 0 fully saturated rings. The molecule has 1 aromatic heterocycles. The smallest absolute Gasteiger partial charge is 0.308 e. The molecule has 126 valence electrons. The van der Waals surface area contributed by atoms with Gasteiger partial charge in [-0.2, -0.15) is 0 Å². The van der Waals surface area contributed by atoms with Gasteiger partial charge < -0.3 is 14.8 Å². The molecule has 1 unspecified atom stereocenters. The van der Waals surface area contributed by atoms with Crippen LogP contribution in [0.3, 0.4) is 0 Å². The van der Waals surface area contributed by atoms with E-state index in [0.717, 1.165) is 5.56 Å². The van der Waals surface area contributed by atoms with Gasteiger partial charge in [-0.3, -0.25) is 9.59 Å². The lowest BCUT2D eigenvalue weighted by molar-refractivity contribution is -0.143. The molecule has 1 amide bonds. The third-order valence-electron chi connectivity index (χ3n) is 3.39. The number of ether oxygens (including phenoxy) is 2. The molecule has 0 saturated heterocycles. The number of hydrogen-bond acceptors (Lipinski definition) is 5. The van der Waals surface area contributed by atoms with Gasteiger partial charge >= 0.3 is 5.97 Å². The van der Waals surface area contributed by atoms with Gasteiger partial charge in [0.15, 0.2) is 0 Å². The zero-order chi connectivity index (χ0) is 17.4. The summed E-state index contributed by atoms with van der Waals surface area (Å²) in [6.45, 7) is 2.04. The van der Waals surface area contributed by atoms with E-state index in [4.69, 9.17) is 9.47 Å². The average molecular weight is 328 g/mol. The van der Waals surface area contributed by atoms with E-state index in [1.54, 1.807) is 25.3 Å². The lowest BCUT2D eigenvalue weighted by Crippen LogP contribution is -2.31. The van der Waals surface area contributed by atoms with Crippen LogP contribution in [0.4, 0.5) is 0 Å². The van der Waals surface area contributed by atoms with Crippen LogP contribution < -0.4 is 10.1 Å². The van der Waals surface area contributed by atoms with Crippen LogP contribution in [0, 0.1) is 0 Å². The number of nitrogens with one attached hydrogen (secondary N) is 1. The lowest BCUT2D eigenvalue weighted by atomic mass is 10.0. The first-order valence-corrected chi connectivity index (χ1v) is 7.66. The van der Waals surface area contributed by atoms with Crippen LogP contribution in [-0.2, 0) is 9.53 Å². The molecule has 0 radical (unpaired) electrons. The molecule has 0 aliphatic carbocycles. The molecule has 1 aromatic carbocycles. The number of esters is 1. The number of rotatable bonds is 7. The SMILES string of the molecule is CCOC(=O)CC(NC(=O)c1cccnc1OC)c1ccccc1. The number of carbonyl (C=O) groups is 2. The Balaban J connectivity index is 2.21. The number of nitrogens with zero attached hydrogens (tertiary/aromatic N) is 1. The quantitative estimate of drug-likeness (QED) is 0.790. The number of hydrogen-bond donors (Lipinski definition) is 1. The first-order chi connectivity index (χ1) is 11.7. The van der Waals surface area contributed by atoms with Crippen LogP contribution in [0.2, 0.25) is 0 Å². The summed E-state index contributed by atoms with van der Waals surface area (Å²) >= 11 is 0. The standard InChI is InChI=1S/C18H20N2O4/c1-3-24-16(21)12-15(13-8-5-4-6-9-13)20-17(22)14-10-7-11-19-18(14)23-2/h4-11,15H,3,12H2,1-2H3,(H,20,22). The highest BCUT2D eigenvalue weighted by atomic mass is 16.5. The van der Waals surface area contributed by atoms with E-state index >= 15 is 0 Å². The Hall–Kier alpha value is -2.89. The first kappa shape index (κ1) is 17.5. The van der Waals surface area contributed by atoms with Crippen molar-refractivity contribution in [3.63, 3.8) is 0 Å². The molecule has 6 heteroatoms. The summed E-state index contributed by atoms with van der Waals surface area (Å²) in [5.41, 5.74) is 1.13. The second-order valence-corrected chi connectivity index (χ2v) is 5.01. The highest BCUT2D eigenvalue weighted by Gasteiger charge is 2.21. The minimum atomic E-state index is -0.498. The first-order valence-electron chi connectivity index (χ1n) is 7.66. The van der Waals surface area contributed by atoms with Gasteiger partial charge in [0.25, 0.3) is 5.91 Å². The van der Waals surface area contributed by atoms with E-state index in [2.05, 4.69) is 10.3 Å². The predicted octanol–water partition coefficient (Wildman–Crippen LogP) is 2.51. The Kier molecular flexibility index (Phi) is 6.31. The van der Waals surface area contributed by atoms with Crippen molar-refractivity contribution < 1.29 is 19.1 Å². The zero-order valence-electron chi connectivity index (χ0n) is 13.7. The topological polar surface area (TPSA) is 77.5 Å². The van der Waals surface area contributed by atoms with Crippen LogP contribution in [0.5, 0.6) is 5.88 Å². The molecule has 0 bridgehead atoms. The van der Waals surface area contributed by atoms with Gasteiger partial charge in [0.2, 0.25) is 5.88 Å². The molecular weight excluding hydrogens is 308 g/mol. The Morgan fingerprint density at radius 3 is 2.58 bits per heavy atom. The number of pyridine rings is 1. The van der Waals surface area contributed by atoms with E-state index in [1.165, 1.54) is 7.11 Å². The van der Waals surface area contributed by atoms with E-state index in [-0.39, 0.29) is 24.2 Å². The zero-order valence-corrected chi connectivity index (χ0v) is 13.7. The monoisotopic (exact) mass is 328 g/mol. The summed E-state index contributed by atoms with van der Waals surface area (Å²) in [6.07, 6.45) is 1.59. The van der Waals surface area contributed by atoms with Crippen molar-refractivity contribution in [1.29, 1.82) is 0 Å². The van der Waals surface area contributed by atoms with Crippen molar-refractivity contribution in [2.45, 2.75) is 19.4 Å². The number of methoxy groups -OCH3 is 1. The van der Waals surface area contributed by atoms with Gasteiger partial charge in [0.1, 0.15) is 5.56 Å². The summed E-state index contributed by atoms with van der Waals surface area (Å²) in [6, 6.07) is 12.1. The molecule has 2 rings (SSSR count). The fraction of sp³-hybridized carbons (Fsp3) is 0.278. The Bertz CT molecular complexity index is 688. The summed E-state index contributed by atoms with van der Waals surface area (Å²) < 4.78 is 10.1. The van der Waals surface area contributed by atoms with E-state index in [9.17, 15) is 9.59 Å². The predicted molar refractivity (Wildman–Crippen MR) is 88.7 cm³/mol. The number of carbonyl (C=O) groups excluding carboxylic acids is 2. The largest absolute Gasteiger partial charge is 0.480 e. The maximum Gasteiger partial charge on any atom is 0.308 e. The summed E-state index contributed by atoms with van der Waals surface area (Å²) in [4.78, 5) is 28.4. The molecule has 0 spiro atoms. The fourth-order valence-electron chi connectivity index (χ4n) is 2.29. The van der Waals surface area contributed by atoms with Crippen LogP contribution >= 0.6 is 0 Å². The van der Waals surface area contributed by atoms with E-state index in [1.807, 2.05) is 30.3 Å². The number of benzene rings is 1. The van der Waals surface area contributed by atoms with Crippen molar-refractivity contribution >= 4 is 11.9 Å². The molecule has 1 atom stereocenters. The second-order valence-electron chi connectivity index (χ2n) is 5.01. The third kappa shape index (κ3) is 4.55. The van der Waals surface area contributed by atoms with Crippen molar-refractivity contribution in [2.24, 2.45) is 0 Å². The normalized spacial score (nSPS) is 11.4. The van der Waals surface area contributed by atoms with E-state index < -0.39 is 6.04 Å². The van der Waals surface area contributed by atoms with Crippen LogP contribution in [0.25, 0.3) is 0 Å². The maximum atomic E-state index is 12.6. The molecule has 0 aliphatic heterocycles. The minimum absolute atomic E-state index is 0.0478. The molecule has 2 aromatic rings. The molecule has 0 aliphatic rings. The molecule has 0 saturated carbocycles. The van der Waals surface area contributed by atoms with Crippen molar-refractivity contribution in [2.75, 3.05) is 13.7 Å². The third-order valence-corrected chi connectivity index (χ3v) is 3.39. The van der Waals surface area contributed by atoms with Gasteiger partial charge in [0.05, 0.1) is 26.2 Å². The lowest BCUT2D eigenvalue weighted by Gasteiger charge is -2.19. The Labute approximate surface area is 140 Å². The second kappa shape index (κ2) is 8.67. The molecule has 1 N–H and O–H groups in total. The number of amides is 1. The van der Waals surface area contributed by atoms with Gasteiger partial charge in [-0.25, -0.2) is 4.98 Å². The maximum absolute atomic E-state index is 12.6. The fourth-order valence-corrected chi connectivity index (χ4v) is 2.29. The van der Waals surface area contributed by atoms with Crippen molar-refractivity contribution in [3.8, 4) is 5.88 Å². The van der Waals surface area contributed by atoms with Crippen LogP contribution in [0.1, 0.15) is 35.3 Å².